The van der Waals surface area contributed by atoms with Gasteiger partial charge in [0.05, 0.1) is 6.10 Å². The fraction of sp³-hybridized carbons (Fsp3) is 0.800. The molecule has 3 saturated carbocycles. The molecule has 3 aliphatic rings. The van der Waals surface area contributed by atoms with E-state index in [0.717, 1.165) is 25.7 Å². The summed E-state index contributed by atoms with van der Waals surface area (Å²) >= 11 is 0. The molecule has 18 heavy (non-hydrogen) atoms. The number of rotatable bonds is 2. The molecule has 6 unspecified atom stereocenters. The van der Waals surface area contributed by atoms with Gasteiger partial charge in [0, 0.05) is 5.57 Å². The van der Waals surface area contributed by atoms with Crippen LogP contribution >= 0.6 is 0 Å². The Bertz CT molecular complexity index is 376. The topological polar surface area (TPSA) is 46.5 Å². The van der Waals surface area contributed by atoms with Gasteiger partial charge in [-0.2, -0.15) is 0 Å². The smallest absolute Gasteiger partial charge is 0.333 e. The number of esters is 1. The maximum atomic E-state index is 11.6. The van der Waals surface area contributed by atoms with E-state index >= 15 is 0 Å². The molecule has 3 rings (SSSR count). The van der Waals surface area contributed by atoms with E-state index in [-0.39, 0.29) is 18.2 Å². The number of aliphatic hydroxyl groups is 1. The van der Waals surface area contributed by atoms with Crippen LogP contribution in [0.25, 0.3) is 0 Å². The molecule has 0 aromatic carbocycles. The normalized spacial score (nSPS) is 45.7. The lowest BCUT2D eigenvalue weighted by molar-refractivity contribution is -0.148. The predicted octanol–water partition coefficient (Wildman–Crippen LogP) is 2.29. The summed E-state index contributed by atoms with van der Waals surface area (Å²) in [7, 11) is 0. The van der Waals surface area contributed by atoms with E-state index in [4.69, 9.17) is 4.74 Å². The van der Waals surface area contributed by atoms with Gasteiger partial charge in [0.2, 0.25) is 0 Å². The Hall–Kier alpha value is -0.830. The zero-order valence-corrected chi connectivity index (χ0v) is 11.0. The molecule has 3 fully saturated rings. The van der Waals surface area contributed by atoms with Crippen LogP contribution in [0.1, 0.15) is 39.0 Å². The van der Waals surface area contributed by atoms with Gasteiger partial charge in [-0.25, -0.2) is 4.79 Å². The fourth-order valence-electron chi connectivity index (χ4n) is 4.52. The van der Waals surface area contributed by atoms with E-state index in [0.29, 0.717) is 29.2 Å². The predicted molar refractivity (Wildman–Crippen MR) is 67.7 cm³/mol. The third kappa shape index (κ3) is 1.89. The summed E-state index contributed by atoms with van der Waals surface area (Å²) < 4.78 is 5.49. The third-order valence-corrected chi connectivity index (χ3v) is 5.30. The van der Waals surface area contributed by atoms with Crippen molar-refractivity contribution in [1.82, 2.24) is 0 Å². The number of carbonyl (C=O) groups excluding carboxylic acids is 1. The van der Waals surface area contributed by atoms with Crippen molar-refractivity contribution < 1.29 is 14.6 Å². The molecule has 0 amide bonds. The lowest BCUT2D eigenvalue weighted by Crippen LogP contribution is -2.38. The summed E-state index contributed by atoms with van der Waals surface area (Å²) in [5, 5.41) is 9.95. The van der Waals surface area contributed by atoms with Crippen molar-refractivity contribution in [3.05, 3.63) is 12.2 Å². The lowest BCUT2D eigenvalue weighted by atomic mass is 9.69. The highest BCUT2D eigenvalue weighted by molar-refractivity contribution is 5.87. The molecule has 3 nitrogen and oxygen atoms in total. The molecule has 0 aromatic rings. The van der Waals surface area contributed by atoms with E-state index < -0.39 is 0 Å². The second-order valence-corrected chi connectivity index (χ2v) is 6.41. The first kappa shape index (κ1) is 12.2. The minimum absolute atomic E-state index is 0.0641. The first-order valence-electron chi connectivity index (χ1n) is 7.11. The van der Waals surface area contributed by atoms with Gasteiger partial charge in [0.15, 0.2) is 0 Å². The largest absolute Gasteiger partial charge is 0.459 e. The highest BCUT2D eigenvalue weighted by atomic mass is 16.5. The van der Waals surface area contributed by atoms with Crippen LogP contribution in [-0.2, 0) is 9.53 Å². The SMILES string of the molecule is C=C(C)C(=O)OC1CCC2C3CC(CC3O)C2C1. The van der Waals surface area contributed by atoms with Crippen molar-refractivity contribution in [2.75, 3.05) is 0 Å². The number of ether oxygens (including phenoxy) is 1. The highest BCUT2D eigenvalue weighted by Crippen LogP contribution is 2.57. The van der Waals surface area contributed by atoms with Crippen molar-refractivity contribution in [3.63, 3.8) is 0 Å². The van der Waals surface area contributed by atoms with Crippen molar-refractivity contribution in [2.45, 2.75) is 51.2 Å². The minimum Gasteiger partial charge on any atom is -0.459 e. The summed E-state index contributed by atoms with van der Waals surface area (Å²) in [6.07, 6.45) is 5.23. The molecular weight excluding hydrogens is 228 g/mol. The number of aliphatic hydroxyl groups excluding tert-OH is 1. The molecule has 0 radical (unpaired) electrons. The lowest BCUT2D eigenvalue weighted by Gasteiger charge is -2.40. The number of hydrogen-bond donors (Lipinski definition) is 1. The summed E-state index contributed by atoms with van der Waals surface area (Å²) in [6, 6.07) is 0. The number of hydrogen-bond acceptors (Lipinski definition) is 3. The molecule has 3 heteroatoms. The molecule has 0 spiro atoms. The Labute approximate surface area is 108 Å². The van der Waals surface area contributed by atoms with Crippen molar-refractivity contribution >= 4 is 5.97 Å². The van der Waals surface area contributed by atoms with Crippen LogP contribution in [0.3, 0.4) is 0 Å². The van der Waals surface area contributed by atoms with Crippen LogP contribution < -0.4 is 0 Å². The van der Waals surface area contributed by atoms with Gasteiger partial charge in [0.1, 0.15) is 6.10 Å². The fourth-order valence-corrected chi connectivity index (χ4v) is 4.52. The zero-order chi connectivity index (χ0) is 12.9. The third-order valence-electron chi connectivity index (χ3n) is 5.30. The first-order valence-corrected chi connectivity index (χ1v) is 7.11. The molecule has 0 aromatic heterocycles. The second kappa shape index (κ2) is 4.37. The second-order valence-electron chi connectivity index (χ2n) is 6.41. The summed E-state index contributed by atoms with van der Waals surface area (Å²) in [4.78, 5) is 11.6. The molecule has 0 aliphatic heterocycles. The van der Waals surface area contributed by atoms with Crippen molar-refractivity contribution in [1.29, 1.82) is 0 Å². The van der Waals surface area contributed by atoms with Gasteiger partial charge < -0.3 is 9.84 Å². The molecule has 0 saturated heterocycles. The molecule has 6 atom stereocenters. The Kier molecular flexibility index (Phi) is 2.97. The standard InChI is InChI=1S/C15H22O3/c1-8(2)15(17)18-10-3-4-11-12(7-10)9-5-13(11)14(16)6-9/h9-14,16H,1,3-7H2,2H3. The average Bonchev–Trinajstić information content (AvgIpc) is 2.86. The van der Waals surface area contributed by atoms with Crippen molar-refractivity contribution in [2.24, 2.45) is 23.7 Å². The summed E-state index contributed by atoms with van der Waals surface area (Å²) in [5.74, 6) is 2.30. The first-order chi connectivity index (χ1) is 8.56. The zero-order valence-electron chi connectivity index (χ0n) is 11.0. The summed E-state index contributed by atoms with van der Waals surface area (Å²) in [6.45, 7) is 5.32. The van der Waals surface area contributed by atoms with Gasteiger partial charge in [-0.3, -0.25) is 0 Å². The van der Waals surface area contributed by atoms with Gasteiger partial charge in [-0.15, -0.1) is 0 Å². The Morgan fingerprint density at radius 3 is 2.67 bits per heavy atom. The number of carbonyl (C=O) groups is 1. The van der Waals surface area contributed by atoms with Crippen LogP contribution in [0, 0.1) is 23.7 Å². The Morgan fingerprint density at radius 2 is 1.94 bits per heavy atom. The average molecular weight is 250 g/mol. The molecule has 0 heterocycles. The minimum atomic E-state index is -0.248. The van der Waals surface area contributed by atoms with Crippen LogP contribution in [-0.4, -0.2) is 23.3 Å². The van der Waals surface area contributed by atoms with E-state index in [1.165, 1.54) is 6.42 Å². The maximum Gasteiger partial charge on any atom is 0.333 e. The maximum absolute atomic E-state index is 11.6. The van der Waals surface area contributed by atoms with E-state index in [1.807, 2.05) is 0 Å². The quantitative estimate of drug-likeness (QED) is 0.604. The van der Waals surface area contributed by atoms with Gasteiger partial charge in [-0.1, -0.05) is 6.58 Å². The van der Waals surface area contributed by atoms with Crippen LogP contribution in [0.2, 0.25) is 0 Å². The van der Waals surface area contributed by atoms with Gasteiger partial charge >= 0.3 is 5.97 Å². The van der Waals surface area contributed by atoms with E-state index in [2.05, 4.69) is 6.58 Å². The van der Waals surface area contributed by atoms with Gasteiger partial charge in [-0.05, 0) is 62.7 Å². The van der Waals surface area contributed by atoms with Crippen LogP contribution in [0.4, 0.5) is 0 Å². The van der Waals surface area contributed by atoms with Crippen molar-refractivity contribution in [3.8, 4) is 0 Å². The molecular formula is C15H22O3. The molecule has 3 aliphatic carbocycles. The molecule has 100 valence electrons. The molecule has 2 bridgehead atoms. The molecule has 1 N–H and O–H groups in total. The van der Waals surface area contributed by atoms with Crippen LogP contribution in [0.5, 0.6) is 0 Å². The van der Waals surface area contributed by atoms with Gasteiger partial charge in [0.25, 0.3) is 0 Å². The monoisotopic (exact) mass is 250 g/mol. The highest BCUT2D eigenvalue weighted by Gasteiger charge is 2.53. The van der Waals surface area contributed by atoms with Crippen LogP contribution in [0.15, 0.2) is 12.2 Å². The van der Waals surface area contributed by atoms with E-state index in [1.54, 1.807) is 6.92 Å². The van der Waals surface area contributed by atoms with E-state index in [9.17, 15) is 9.90 Å². The Balaban J connectivity index is 1.62. The number of fused-ring (bicyclic) bond motifs is 5. The Morgan fingerprint density at radius 1 is 1.17 bits per heavy atom. The summed E-state index contributed by atoms with van der Waals surface area (Å²) in [5.41, 5.74) is 0.487.